The highest BCUT2D eigenvalue weighted by Gasteiger charge is 2.20. The van der Waals surface area contributed by atoms with Crippen LogP contribution in [0, 0.1) is 0 Å². The molecule has 2 N–H and O–H groups in total. The number of hydrogen-bond acceptors (Lipinski definition) is 3. The quantitative estimate of drug-likeness (QED) is 0.812. The summed E-state index contributed by atoms with van der Waals surface area (Å²) < 4.78 is 0. The molecule has 2 heterocycles. The van der Waals surface area contributed by atoms with Crippen LogP contribution in [-0.4, -0.2) is 30.7 Å². The Kier molecular flexibility index (Phi) is 3.52. The predicted molar refractivity (Wildman–Crippen MR) is 70.8 cm³/mol. The van der Waals surface area contributed by atoms with Gasteiger partial charge in [-0.05, 0) is 25.0 Å². The normalized spacial score (nSPS) is 20.9. The van der Waals surface area contributed by atoms with Gasteiger partial charge in [-0.2, -0.15) is 0 Å². The third-order valence-corrected chi connectivity index (χ3v) is 3.34. The Hall–Kier alpha value is -1.29. The Morgan fingerprint density at radius 2 is 2.18 bits per heavy atom. The number of nitrogens with zero attached hydrogens (tertiary/aromatic N) is 1. The lowest BCUT2D eigenvalue weighted by molar-refractivity contribution is 0.499. The monoisotopic (exact) mass is 235 g/mol. The Bertz CT molecular complexity index is 439. The van der Waals surface area contributed by atoms with E-state index < -0.39 is 0 Å². The van der Waals surface area contributed by atoms with E-state index in [1.807, 2.05) is 12.1 Å². The van der Waals surface area contributed by atoms with Gasteiger partial charge in [-0.3, -0.25) is 4.79 Å². The van der Waals surface area contributed by atoms with Crippen LogP contribution < -0.4 is 15.8 Å². The topological polar surface area (TPSA) is 48.1 Å². The van der Waals surface area contributed by atoms with E-state index in [4.69, 9.17) is 0 Å². The van der Waals surface area contributed by atoms with Crippen LogP contribution in [0.4, 0.5) is 5.69 Å². The van der Waals surface area contributed by atoms with Gasteiger partial charge in [0.25, 0.3) is 5.56 Å². The van der Waals surface area contributed by atoms with Crippen LogP contribution in [0.2, 0.25) is 0 Å². The number of nitrogens with one attached hydrogen (secondary N) is 2. The molecule has 0 aliphatic carbocycles. The van der Waals surface area contributed by atoms with Gasteiger partial charge in [0.05, 0.1) is 0 Å². The van der Waals surface area contributed by atoms with Gasteiger partial charge in [0, 0.05) is 31.4 Å². The second kappa shape index (κ2) is 4.92. The number of anilines is 1. The minimum absolute atomic E-state index is 0.0324. The summed E-state index contributed by atoms with van der Waals surface area (Å²) in [7, 11) is 0. The van der Waals surface area contributed by atoms with Gasteiger partial charge in [-0.15, -0.1) is 0 Å². The average Bonchev–Trinajstić information content (AvgIpc) is 2.30. The summed E-state index contributed by atoms with van der Waals surface area (Å²) >= 11 is 0. The number of hydrogen-bond donors (Lipinski definition) is 2. The SMILES string of the molecule is CC(C)c1ccc(N2CCNC[C@@H]2C)c(=O)[nH]1. The molecule has 0 saturated carbocycles. The molecule has 1 saturated heterocycles. The Labute approximate surface area is 102 Å². The van der Waals surface area contributed by atoms with Crippen molar-refractivity contribution in [2.45, 2.75) is 32.7 Å². The molecule has 4 heteroatoms. The standard InChI is InChI=1S/C13H21N3O/c1-9(2)11-4-5-12(13(17)15-11)16-7-6-14-8-10(16)3/h4-5,9-10,14H,6-8H2,1-3H3,(H,15,17)/t10-/m0/s1. The van der Waals surface area contributed by atoms with Crippen molar-refractivity contribution in [2.75, 3.05) is 24.5 Å². The summed E-state index contributed by atoms with van der Waals surface area (Å²) in [5.74, 6) is 0.359. The van der Waals surface area contributed by atoms with Crippen LogP contribution in [0.5, 0.6) is 0 Å². The van der Waals surface area contributed by atoms with Crippen LogP contribution >= 0.6 is 0 Å². The molecule has 1 aromatic heterocycles. The molecule has 1 aliphatic heterocycles. The van der Waals surface area contributed by atoms with Crippen LogP contribution in [-0.2, 0) is 0 Å². The van der Waals surface area contributed by atoms with E-state index in [9.17, 15) is 4.79 Å². The molecule has 17 heavy (non-hydrogen) atoms. The maximum absolute atomic E-state index is 12.1. The van der Waals surface area contributed by atoms with Gasteiger partial charge in [0.2, 0.25) is 0 Å². The van der Waals surface area contributed by atoms with Crippen molar-refractivity contribution in [2.24, 2.45) is 0 Å². The molecular formula is C13H21N3O. The van der Waals surface area contributed by atoms with Crippen molar-refractivity contribution < 1.29 is 0 Å². The molecule has 0 aromatic carbocycles. The van der Waals surface area contributed by atoms with Gasteiger partial charge in [0.15, 0.2) is 0 Å². The molecule has 0 bridgehead atoms. The molecule has 1 fully saturated rings. The zero-order valence-electron chi connectivity index (χ0n) is 10.8. The highest BCUT2D eigenvalue weighted by atomic mass is 16.1. The maximum atomic E-state index is 12.1. The first-order chi connectivity index (χ1) is 8.09. The lowest BCUT2D eigenvalue weighted by Gasteiger charge is -2.35. The maximum Gasteiger partial charge on any atom is 0.271 e. The number of aromatic nitrogens is 1. The molecule has 0 unspecified atom stereocenters. The van der Waals surface area contributed by atoms with Gasteiger partial charge < -0.3 is 15.2 Å². The number of rotatable bonds is 2. The highest BCUT2D eigenvalue weighted by molar-refractivity contribution is 5.46. The van der Waals surface area contributed by atoms with Gasteiger partial charge in [0.1, 0.15) is 5.69 Å². The number of aromatic amines is 1. The van der Waals surface area contributed by atoms with E-state index in [-0.39, 0.29) is 5.56 Å². The second-order valence-electron chi connectivity index (χ2n) is 5.03. The summed E-state index contributed by atoms with van der Waals surface area (Å²) in [6, 6.07) is 4.35. The average molecular weight is 235 g/mol. The third-order valence-electron chi connectivity index (χ3n) is 3.34. The molecule has 2 rings (SSSR count). The van der Waals surface area contributed by atoms with Crippen molar-refractivity contribution in [3.8, 4) is 0 Å². The van der Waals surface area contributed by atoms with Gasteiger partial charge in [-0.1, -0.05) is 13.8 Å². The summed E-state index contributed by atoms with van der Waals surface area (Å²) in [4.78, 5) is 17.2. The zero-order chi connectivity index (χ0) is 12.4. The Morgan fingerprint density at radius 1 is 1.41 bits per heavy atom. The fourth-order valence-corrected chi connectivity index (χ4v) is 2.24. The zero-order valence-corrected chi connectivity index (χ0v) is 10.8. The lowest BCUT2D eigenvalue weighted by atomic mass is 10.1. The van der Waals surface area contributed by atoms with E-state index in [2.05, 4.69) is 36.0 Å². The summed E-state index contributed by atoms with van der Waals surface area (Å²) in [6.07, 6.45) is 0. The fourth-order valence-electron chi connectivity index (χ4n) is 2.24. The predicted octanol–water partition coefficient (Wildman–Crippen LogP) is 1.30. The summed E-state index contributed by atoms with van der Waals surface area (Å²) in [5, 5.41) is 3.33. The molecule has 1 aromatic rings. The molecule has 0 spiro atoms. The van der Waals surface area contributed by atoms with Crippen molar-refractivity contribution in [3.63, 3.8) is 0 Å². The Balaban J connectivity index is 2.29. The smallest absolute Gasteiger partial charge is 0.271 e. The van der Waals surface area contributed by atoms with E-state index in [1.54, 1.807) is 0 Å². The Morgan fingerprint density at radius 3 is 2.76 bits per heavy atom. The number of piperazine rings is 1. The largest absolute Gasteiger partial charge is 0.362 e. The van der Waals surface area contributed by atoms with Crippen molar-refractivity contribution in [1.29, 1.82) is 0 Å². The first kappa shape index (κ1) is 12.2. The van der Waals surface area contributed by atoms with Crippen molar-refractivity contribution in [3.05, 3.63) is 28.2 Å². The molecule has 1 atom stereocenters. The fraction of sp³-hybridized carbons (Fsp3) is 0.615. The number of pyridine rings is 1. The minimum atomic E-state index is 0.0324. The van der Waals surface area contributed by atoms with Crippen molar-refractivity contribution >= 4 is 5.69 Å². The third kappa shape index (κ3) is 2.52. The van der Waals surface area contributed by atoms with E-state index >= 15 is 0 Å². The summed E-state index contributed by atoms with van der Waals surface area (Å²) in [5.41, 5.74) is 1.83. The number of H-pyrrole nitrogens is 1. The molecule has 0 radical (unpaired) electrons. The minimum Gasteiger partial charge on any atom is -0.362 e. The second-order valence-corrected chi connectivity index (χ2v) is 5.03. The van der Waals surface area contributed by atoms with Crippen LogP contribution in [0.3, 0.4) is 0 Å². The molecular weight excluding hydrogens is 214 g/mol. The van der Waals surface area contributed by atoms with E-state index in [1.165, 1.54) is 0 Å². The molecule has 94 valence electrons. The highest BCUT2D eigenvalue weighted by Crippen LogP contribution is 2.16. The van der Waals surface area contributed by atoms with Crippen molar-refractivity contribution in [1.82, 2.24) is 10.3 Å². The van der Waals surface area contributed by atoms with E-state index in [0.717, 1.165) is 31.0 Å². The molecule has 4 nitrogen and oxygen atoms in total. The molecule has 1 aliphatic rings. The molecule has 0 amide bonds. The first-order valence-electron chi connectivity index (χ1n) is 6.30. The first-order valence-corrected chi connectivity index (χ1v) is 6.30. The van der Waals surface area contributed by atoms with Gasteiger partial charge in [-0.25, -0.2) is 0 Å². The van der Waals surface area contributed by atoms with E-state index in [0.29, 0.717) is 12.0 Å². The van der Waals surface area contributed by atoms with Crippen LogP contribution in [0.25, 0.3) is 0 Å². The lowest BCUT2D eigenvalue weighted by Crippen LogP contribution is -2.51. The van der Waals surface area contributed by atoms with Crippen LogP contribution in [0.15, 0.2) is 16.9 Å². The van der Waals surface area contributed by atoms with Crippen LogP contribution in [0.1, 0.15) is 32.4 Å². The summed E-state index contributed by atoms with van der Waals surface area (Å²) in [6.45, 7) is 9.07. The van der Waals surface area contributed by atoms with Gasteiger partial charge >= 0.3 is 0 Å².